The average molecular weight is 473 g/mol. The first-order valence-electron chi connectivity index (χ1n) is 11.2. The maximum atomic E-state index is 13.2. The molecular formula is C27H23NO7. The maximum absolute atomic E-state index is 13.2. The molecular weight excluding hydrogens is 450 g/mol. The van der Waals surface area contributed by atoms with Crippen LogP contribution in [0.25, 0.3) is 22.1 Å². The third-order valence-electron chi connectivity index (χ3n) is 5.71. The first-order valence-corrected chi connectivity index (χ1v) is 11.2. The Morgan fingerprint density at radius 3 is 2.60 bits per heavy atom. The van der Waals surface area contributed by atoms with E-state index in [1.807, 2.05) is 30.3 Å². The summed E-state index contributed by atoms with van der Waals surface area (Å²) >= 11 is 0. The number of hydrogen-bond donors (Lipinski definition) is 2. The fourth-order valence-corrected chi connectivity index (χ4v) is 3.94. The summed E-state index contributed by atoms with van der Waals surface area (Å²) in [6, 6.07) is 16.2. The van der Waals surface area contributed by atoms with Crippen LogP contribution in [0.15, 0.2) is 76.1 Å². The fourth-order valence-electron chi connectivity index (χ4n) is 3.94. The van der Waals surface area contributed by atoms with Crippen LogP contribution in [0.4, 0.5) is 0 Å². The number of nitrogens with two attached hydrogens (primary N) is 1. The molecule has 2 heterocycles. The summed E-state index contributed by atoms with van der Waals surface area (Å²) in [5, 5.41) is 10.6. The minimum absolute atomic E-state index is 0.0231. The van der Waals surface area contributed by atoms with Crippen LogP contribution < -0.4 is 25.4 Å². The van der Waals surface area contributed by atoms with Crippen LogP contribution in [0.3, 0.4) is 0 Å². The van der Waals surface area contributed by atoms with Crippen LogP contribution in [0.1, 0.15) is 12.0 Å². The molecule has 0 bridgehead atoms. The predicted molar refractivity (Wildman–Crippen MR) is 129 cm³/mol. The summed E-state index contributed by atoms with van der Waals surface area (Å²) in [4.78, 5) is 25.7. The lowest BCUT2D eigenvalue weighted by molar-refractivity contribution is -0.135. The zero-order chi connectivity index (χ0) is 24.4. The highest BCUT2D eigenvalue weighted by molar-refractivity contribution is 5.89. The molecule has 0 saturated carbocycles. The highest BCUT2D eigenvalue weighted by Gasteiger charge is 2.20. The lowest BCUT2D eigenvalue weighted by Crippen LogP contribution is -2.36. The zero-order valence-corrected chi connectivity index (χ0v) is 18.7. The first-order chi connectivity index (χ1) is 17.0. The van der Waals surface area contributed by atoms with Gasteiger partial charge in [-0.15, -0.1) is 0 Å². The normalized spacial score (nSPS) is 13.7. The highest BCUT2D eigenvalue weighted by Crippen LogP contribution is 2.35. The fraction of sp³-hybridized carbons (Fsp3) is 0.185. The monoisotopic (exact) mass is 473 g/mol. The molecule has 1 atom stereocenters. The SMILES string of the molecule is NC(Cc1ccccc1)C(=O)Oc1cc(O)c2c(=O)c(-c3ccc4c(c3)OCCCO4)coc2c1. The number of fused-ring (bicyclic) bond motifs is 2. The third kappa shape index (κ3) is 4.69. The molecule has 35 heavy (non-hydrogen) atoms. The van der Waals surface area contributed by atoms with E-state index in [2.05, 4.69) is 0 Å². The lowest BCUT2D eigenvalue weighted by Gasteiger charge is -2.12. The number of rotatable bonds is 5. The quantitative estimate of drug-likeness (QED) is 0.332. The number of carbonyl (C=O) groups excluding carboxylic acids is 1. The van der Waals surface area contributed by atoms with E-state index in [0.29, 0.717) is 36.7 Å². The molecule has 1 aliphatic heterocycles. The largest absolute Gasteiger partial charge is 0.507 e. The van der Waals surface area contributed by atoms with Crippen molar-refractivity contribution in [2.75, 3.05) is 13.2 Å². The molecule has 1 unspecified atom stereocenters. The topological polar surface area (TPSA) is 121 Å². The van der Waals surface area contributed by atoms with Gasteiger partial charge < -0.3 is 29.5 Å². The van der Waals surface area contributed by atoms with Crippen LogP contribution in [0.5, 0.6) is 23.0 Å². The first kappa shape index (κ1) is 22.5. The van der Waals surface area contributed by atoms with Gasteiger partial charge in [0, 0.05) is 18.6 Å². The Hall–Kier alpha value is -4.30. The number of phenolic OH excluding ortho intramolecular Hbond substituents is 1. The van der Waals surface area contributed by atoms with E-state index in [4.69, 9.17) is 24.4 Å². The molecule has 0 spiro atoms. The van der Waals surface area contributed by atoms with Crippen LogP contribution in [0, 0.1) is 0 Å². The molecule has 0 aliphatic carbocycles. The van der Waals surface area contributed by atoms with Gasteiger partial charge >= 0.3 is 5.97 Å². The van der Waals surface area contributed by atoms with Crippen LogP contribution >= 0.6 is 0 Å². The van der Waals surface area contributed by atoms with Crippen molar-refractivity contribution in [1.82, 2.24) is 0 Å². The molecule has 1 aromatic heterocycles. The average Bonchev–Trinajstić information content (AvgIpc) is 3.09. The standard InChI is InChI=1S/C27H23NO7/c28-20(11-16-5-2-1-3-6-16)27(31)35-18-13-21(29)25-24(14-18)34-15-19(26(25)30)17-7-8-22-23(12-17)33-10-4-9-32-22/h1-3,5-8,12-15,20,29H,4,9-11,28H2. The van der Waals surface area contributed by atoms with Gasteiger partial charge in [-0.2, -0.15) is 0 Å². The Morgan fingerprint density at radius 2 is 1.80 bits per heavy atom. The van der Waals surface area contributed by atoms with Gasteiger partial charge in [0.15, 0.2) is 11.5 Å². The number of aromatic hydroxyl groups is 1. The summed E-state index contributed by atoms with van der Waals surface area (Å²) in [5.74, 6) is 0.134. The molecule has 0 fully saturated rings. The Kier molecular flexibility index (Phi) is 6.12. The van der Waals surface area contributed by atoms with Crippen molar-refractivity contribution in [2.45, 2.75) is 18.9 Å². The molecule has 8 heteroatoms. The summed E-state index contributed by atoms with van der Waals surface area (Å²) in [6.45, 7) is 1.07. The molecule has 0 saturated heterocycles. The van der Waals surface area contributed by atoms with Crippen molar-refractivity contribution < 1.29 is 28.5 Å². The Labute approximate surface area is 200 Å². The van der Waals surface area contributed by atoms with Crippen LogP contribution in [0.2, 0.25) is 0 Å². The smallest absolute Gasteiger partial charge is 0.328 e. The molecule has 3 aromatic carbocycles. The molecule has 8 nitrogen and oxygen atoms in total. The van der Waals surface area contributed by atoms with Gasteiger partial charge in [0.1, 0.15) is 34.8 Å². The van der Waals surface area contributed by atoms with Crippen LogP contribution in [-0.4, -0.2) is 30.3 Å². The van der Waals surface area contributed by atoms with Crippen molar-refractivity contribution >= 4 is 16.9 Å². The van der Waals surface area contributed by atoms with Crippen LogP contribution in [-0.2, 0) is 11.2 Å². The Balaban J connectivity index is 1.41. The summed E-state index contributed by atoms with van der Waals surface area (Å²) < 4.78 is 22.3. The van der Waals surface area contributed by atoms with E-state index in [1.54, 1.807) is 18.2 Å². The molecule has 3 N–H and O–H groups in total. The number of ether oxygens (including phenoxy) is 3. The summed E-state index contributed by atoms with van der Waals surface area (Å²) in [7, 11) is 0. The van der Waals surface area contributed by atoms with E-state index in [1.165, 1.54) is 18.4 Å². The zero-order valence-electron chi connectivity index (χ0n) is 18.7. The minimum Gasteiger partial charge on any atom is -0.507 e. The van der Waals surface area contributed by atoms with Gasteiger partial charge in [0.05, 0.1) is 18.8 Å². The third-order valence-corrected chi connectivity index (χ3v) is 5.71. The highest BCUT2D eigenvalue weighted by atomic mass is 16.5. The minimum atomic E-state index is -0.899. The van der Waals surface area contributed by atoms with Crippen molar-refractivity contribution in [2.24, 2.45) is 5.73 Å². The molecule has 0 amide bonds. The Bertz CT molecular complexity index is 1450. The van der Waals surface area contributed by atoms with Crippen molar-refractivity contribution in [3.8, 4) is 34.1 Å². The van der Waals surface area contributed by atoms with Gasteiger partial charge in [-0.3, -0.25) is 4.79 Å². The van der Waals surface area contributed by atoms with E-state index in [-0.39, 0.29) is 28.0 Å². The molecule has 4 aromatic rings. The van der Waals surface area contributed by atoms with E-state index in [9.17, 15) is 14.7 Å². The number of phenols is 1. The van der Waals surface area contributed by atoms with Gasteiger partial charge in [-0.25, -0.2) is 4.79 Å². The number of benzene rings is 3. The molecule has 178 valence electrons. The van der Waals surface area contributed by atoms with Gasteiger partial charge in [-0.1, -0.05) is 36.4 Å². The van der Waals surface area contributed by atoms with E-state index >= 15 is 0 Å². The molecule has 5 rings (SSSR count). The molecule has 0 radical (unpaired) electrons. The number of hydrogen-bond acceptors (Lipinski definition) is 8. The van der Waals surface area contributed by atoms with E-state index < -0.39 is 17.4 Å². The predicted octanol–water partition coefficient (Wildman–Crippen LogP) is 3.80. The Morgan fingerprint density at radius 1 is 1.03 bits per heavy atom. The number of esters is 1. The van der Waals surface area contributed by atoms with Gasteiger partial charge in [-0.05, 0) is 29.7 Å². The summed E-state index contributed by atoms with van der Waals surface area (Å²) in [5.41, 5.74) is 7.33. The second-order valence-electron chi connectivity index (χ2n) is 8.22. The lowest BCUT2D eigenvalue weighted by atomic mass is 10.0. The second-order valence-corrected chi connectivity index (χ2v) is 8.22. The second kappa shape index (κ2) is 9.52. The van der Waals surface area contributed by atoms with Gasteiger partial charge in [0.25, 0.3) is 0 Å². The summed E-state index contributed by atoms with van der Waals surface area (Å²) in [6.07, 6.45) is 2.36. The van der Waals surface area contributed by atoms with Crippen molar-refractivity contribution in [1.29, 1.82) is 0 Å². The van der Waals surface area contributed by atoms with Crippen molar-refractivity contribution in [3.63, 3.8) is 0 Å². The van der Waals surface area contributed by atoms with E-state index in [0.717, 1.165) is 12.0 Å². The molecule has 1 aliphatic rings. The van der Waals surface area contributed by atoms with Gasteiger partial charge in [0.2, 0.25) is 5.43 Å². The number of carbonyl (C=O) groups is 1. The van der Waals surface area contributed by atoms with Crippen molar-refractivity contribution in [3.05, 3.63) is 82.7 Å². The maximum Gasteiger partial charge on any atom is 0.328 e.